The molecule has 5 nitrogen and oxygen atoms in total. The lowest BCUT2D eigenvalue weighted by atomic mass is 10.1. The second kappa shape index (κ2) is 7.22. The number of nitrogens with zero attached hydrogens (tertiary/aromatic N) is 1. The first-order valence-electron chi connectivity index (χ1n) is 7.00. The van der Waals surface area contributed by atoms with Crippen LogP contribution in [0.1, 0.15) is 40.5 Å². The van der Waals surface area contributed by atoms with E-state index in [1.54, 1.807) is 6.92 Å². The lowest BCUT2D eigenvalue weighted by Gasteiger charge is -2.32. The molecule has 1 N–H and O–H groups in total. The molecular formula is C14H27NO4. The van der Waals surface area contributed by atoms with Crippen molar-refractivity contribution < 1.29 is 19.4 Å². The van der Waals surface area contributed by atoms with Crippen LogP contribution < -0.4 is 0 Å². The van der Waals surface area contributed by atoms with Gasteiger partial charge in [-0.1, -0.05) is 0 Å². The molecule has 0 amide bonds. The molecule has 1 fully saturated rings. The number of β-amino-alcohol motifs (C(OH)–C–C–N with tert-alkyl or cyclic N) is 1. The molecule has 1 saturated heterocycles. The Labute approximate surface area is 115 Å². The summed E-state index contributed by atoms with van der Waals surface area (Å²) in [7, 11) is 0. The average Bonchev–Trinajstić information content (AvgIpc) is 2.25. The number of likely N-dealkylation sites (tertiary alicyclic amines) is 1. The summed E-state index contributed by atoms with van der Waals surface area (Å²) in [6, 6.07) is 0. The number of carbonyl (C=O) groups excluding carboxylic acids is 1. The number of hydrogen-bond donors (Lipinski definition) is 1. The van der Waals surface area contributed by atoms with E-state index in [0.29, 0.717) is 6.54 Å². The number of rotatable bonds is 5. The molecule has 0 spiro atoms. The van der Waals surface area contributed by atoms with Crippen LogP contribution >= 0.6 is 0 Å². The summed E-state index contributed by atoms with van der Waals surface area (Å²) >= 11 is 0. The number of piperidine rings is 1. The van der Waals surface area contributed by atoms with E-state index in [0.717, 1.165) is 25.9 Å². The van der Waals surface area contributed by atoms with Gasteiger partial charge in [0.1, 0.15) is 12.2 Å². The summed E-state index contributed by atoms with van der Waals surface area (Å²) in [6.45, 7) is 9.88. The van der Waals surface area contributed by atoms with Gasteiger partial charge in [-0.15, -0.1) is 0 Å². The van der Waals surface area contributed by atoms with Crippen molar-refractivity contribution in [2.45, 2.75) is 58.3 Å². The zero-order valence-electron chi connectivity index (χ0n) is 12.5. The Morgan fingerprint density at radius 2 is 1.95 bits per heavy atom. The van der Waals surface area contributed by atoms with Gasteiger partial charge in [-0.25, -0.2) is 4.79 Å². The molecule has 1 aliphatic heterocycles. The molecule has 0 aromatic carbocycles. The highest BCUT2D eigenvalue weighted by Crippen LogP contribution is 2.14. The molecule has 0 aliphatic carbocycles. The molecule has 1 rings (SSSR count). The smallest absolute Gasteiger partial charge is 0.332 e. The number of hydrogen-bond acceptors (Lipinski definition) is 5. The highest BCUT2D eigenvalue weighted by molar-refractivity contribution is 5.71. The molecule has 1 unspecified atom stereocenters. The summed E-state index contributed by atoms with van der Waals surface area (Å²) < 4.78 is 10.8. The lowest BCUT2D eigenvalue weighted by molar-refractivity contribution is -0.163. The molecule has 0 radical (unpaired) electrons. The number of ether oxygens (including phenoxy) is 2. The van der Waals surface area contributed by atoms with Crippen molar-refractivity contribution in [3.8, 4) is 0 Å². The van der Waals surface area contributed by atoms with Crippen LogP contribution in [-0.2, 0) is 14.3 Å². The monoisotopic (exact) mass is 273 g/mol. The van der Waals surface area contributed by atoms with Gasteiger partial charge in [0.15, 0.2) is 0 Å². The van der Waals surface area contributed by atoms with Gasteiger partial charge in [0.05, 0.1) is 12.2 Å². The number of carbonyl (C=O) groups is 1. The van der Waals surface area contributed by atoms with Crippen LogP contribution in [0.3, 0.4) is 0 Å². The zero-order chi connectivity index (χ0) is 14.5. The largest absolute Gasteiger partial charge is 0.458 e. The zero-order valence-corrected chi connectivity index (χ0v) is 12.5. The Hall–Kier alpha value is -0.650. The maximum atomic E-state index is 11.5. The number of aliphatic hydroxyl groups is 1. The van der Waals surface area contributed by atoms with Gasteiger partial charge in [0, 0.05) is 19.6 Å². The van der Waals surface area contributed by atoms with Crippen LogP contribution in [0.5, 0.6) is 0 Å². The van der Waals surface area contributed by atoms with E-state index in [1.807, 2.05) is 20.8 Å². The van der Waals surface area contributed by atoms with Crippen molar-refractivity contribution in [2.75, 3.05) is 26.2 Å². The Morgan fingerprint density at radius 1 is 1.37 bits per heavy atom. The van der Waals surface area contributed by atoms with Crippen LogP contribution in [0.4, 0.5) is 0 Å². The molecule has 1 atom stereocenters. The third-order valence-electron chi connectivity index (χ3n) is 2.91. The van der Waals surface area contributed by atoms with Gasteiger partial charge in [-0.3, -0.25) is 0 Å². The molecule has 0 bridgehead atoms. The molecular weight excluding hydrogens is 246 g/mol. The first-order chi connectivity index (χ1) is 8.76. The highest BCUT2D eigenvalue weighted by Gasteiger charge is 2.22. The standard InChI is InChI=1S/C14H27NO4/c1-11(16)9-15-7-5-12(6-8-15)18-10-13(17)19-14(2,3)4/h11-12,16H,5-10H2,1-4H3. The number of esters is 1. The molecule has 0 saturated carbocycles. The molecule has 0 aromatic heterocycles. The van der Waals surface area contributed by atoms with Gasteiger partial charge < -0.3 is 19.5 Å². The van der Waals surface area contributed by atoms with Crippen molar-refractivity contribution in [3.63, 3.8) is 0 Å². The average molecular weight is 273 g/mol. The maximum Gasteiger partial charge on any atom is 0.332 e. The van der Waals surface area contributed by atoms with E-state index >= 15 is 0 Å². The van der Waals surface area contributed by atoms with E-state index in [-0.39, 0.29) is 24.8 Å². The van der Waals surface area contributed by atoms with Crippen LogP contribution in [-0.4, -0.2) is 60.0 Å². The van der Waals surface area contributed by atoms with Crippen LogP contribution in [0, 0.1) is 0 Å². The maximum absolute atomic E-state index is 11.5. The Bertz CT molecular complexity index is 278. The lowest BCUT2D eigenvalue weighted by Crippen LogP contribution is -2.41. The molecule has 0 aromatic rings. The fourth-order valence-corrected chi connectivity index (χ4v) is 2.19. The molecule has 1 heterocycles. The third kappa shape index (κ3) is 7.50. The van der Waals surface area contributed by atoms with Gasteiger partial charge >= 0.3 is 5.97 Å². The second-order valence-corrected chi connectivity index (χ2v) is 6.25. The summed E-state index contributed by atoms with van der Waals surface area (Å²) in [5.41, 5.74) is -0.457. The van der Waals surface area contributed by atoms with Crippen molar-refractivity contribution in [2.24, 2.45) is 0 Å². The molecule has 112 valence electrons. The predicted molar refractivity (Wildman–Crippen MR) is 72.9 cm³/mol. The minimum Gasteiger partial charge on any atom is -0.458 e. The fraction of sp³-hybridized carbons (Fsp3) is 0.929. The fourth-order valence-electron chi connectivity index (χ4n) is 2.19. The van der Waals surface area contributed by atoms with Gasteiger partial charge in [-0.2, -0.15) is 0 Å². The SMILES string of the molecule is CC(O)CN1CCC(OCC(=O)OC(C)(C)C)CC1. The number of aliphatic hydroxyl groups excluding tert-OH is 1. The van der Waals surface area contributed by atoms with Crippen molar-refractivity contribution in [3.05, 3.63) is 0 Å². The highest BCUT2D eigenvalue weighted by atomic mass is 16.6. The second-order valence-electron chi connectivity index (χ2n) is 6.25. The Kier molecular flexibility index (Phi) is 6.23. The summed E-state index contributed by atoms with van der Waals surface area (Å²) in [6.07, 6.45) is 1.63. The van der Waals surface area contributed by atoms with Crippen LogP contribution in [0.15, 0.2) is 0 Å². The van der Waals surface area contributed by atoms with Gasteiger partial charge in [0.25, 0.3) is 0 Å². The van der Waals surface area contributed by atoms with Crippen molar-refractivity contribution in [1.29, 1.82) is 0 Å². The van der Waals surface area contributed by atoms with Crippen LogP contribution in [0.25, 0.3) is 0 Å². The van der Waals surface area contributed by atoms with E-state index in [9.17, 15) is 9.90 Å². The quantitative estimate of drug-likeness (QED) is 0.763. The van der Waals surface area contributed by atoms with E-state index in [2.05, 4.69) is 4.90 Å². The Morgan fingerprint density at radius 3 is 2.42 bits per heavy atom. The minimum absolute atomic E-state index is 0.0261. The molecule has 19 heavy (non-hydrogen) atoms. The topological polar surface area (TPSA) is 59.0 Å². The Balaban J connectivity index is 2.17. The van der Waals surface area contributed by atoms with Crippen molar-refractivity contribution >= 4 is 5.97 Å². The van der Waals surface area contributed by atoms with E-state index in [1.165, 1.54) is 0 Å². The first-order valence-corrected chi connectivity index (χ1v) is 7.00. The predicted octanol–water partition coefficient (Wildman–Crippen LogP) is 1.19. The van der Waals surface area contributed by atoms with Crippen LogP contribution in [0.2, 0.25) is 0 Å². The van der Waals surface area contributed by atoms with E-state index in [4.69, 9.17) is 9.47 Å². The van der Waals surface area contributed by atoms with Crippen molar-refractivity contribution in [1.82, 2.24) is 4.90 Å². The molecule has 5 heteroatoms. The summed E-state index contributed by atoms with van der Waals surface area (Å²) in [5, 5.41) is 9.32. The molecule has 1 aliphatic rings. The normalized spacial score (nSPS) is 20.3. The minimum atomic E-state index is -0.457. The summed E-state index contributed by atoms with van der Waals surface area (Å²) in [4.78, 5) is 13.7. The summed E-state index contributed by atoms with van der Waals surface area (Å²) in [5.74, 6) is -0.307. The van der Waals surface area contributed by atoms with Gasteiger partial charge in [0.2, 0.25) is 0 Å². The first kappa shape index (κ1) is 16.4. The van der Waals surface area contributed by atoms with Gasteiger partial charge in [-0.05, 0) is 40.5 Å². The third-order valence-corrected chi connectivity index (χ3v) is 2.91. The van der Waals surface area contributed by atoms with E-state index < -0.39 is 5.60 Å².